The molecule has 1 amide bonds. The molecule has 1 aromatic heterocycles. The molecule has 118 valence electrons. The maximum absolute atomic E-state index is 12.2. The van der Waals surface area contributed by atoms with Crippen LogP contribution in [0.1, 0.15) is 16.2 Å². The van der Waals surface area contributed by atoms with E-state index in [1.54, 1.807) is 19.2 Å². The summed E-state index contributed by atoms with van der Waals surface area (Å²) in [5.74, 6) is 0.318. The molecule has 0 aliphatic heterocycles. The van der Waals surface area contributed by atoms with Crippen molar-refractivity contribution in [3.63, 3.8) is 0 Å². The number of hydrogen-bond acceptors (Lipinski definition) is 4. The van der Waals surface area contributed by atoms with E-state index in [2.05, 4.69) is 16.4 Å². The van der Waals surface area contributed by atoms with Gasteiger partial charge in [0.05, 0.1) is 7.11 Å². The van der Waals surface area contributed by atoms with Crippen LogP contribution in [0.4, 0.5) is 0 Å². The highest BCUT2D eigenvalue weighted by Crippen LogP contribution is 2.34. The van der Waals surface area contributed by atoms with E-state index < -0.39 is 0 Å². The van der Waals surface area contributed by atoms with Gasteiger partial charge in [-0.15, -0.1) is 0 Å². The van der Waals surface area contributed by atoms with Crippen molar-refractivity contribution in [1.29, 1.82) is 5.26 Å². The maximum Gasteiger partial charge on any atom is 0.270 e. The number of ether oxygens (including phenoxy) is 1. The second-order valence-corrected chi connectivity index (χ2v) is 5.15. The Hall–Kier alpha value is -3.39. The van der Waals surface area contributed by atoms with E-state index >= 15 is 0 Å². The molecule has 5 heteroatoms. The Morgan fingerprint density at radius 2 is 1.92 bits per heavy atom. The van der Waals surface area contributed by atoms with Crippen LogP contribution in [-0.2, 0) is 0 Å². The third kappa shape index (κ3) is 2.55. The number of nitrogens with one attached hydrogen (secondary N) is 1. The van der Waals surface area contributed by atoms with Crippen LogP contribution in [0, 0.1) is 11.3 Å². The van der Waals surface area contributed by atoms with E-state index in [-0.39, 0.29) is 17.3 Å². The molecule has 0 aliphatic carbocycles. The van der Waals surface area contributed by atoms with Crippen molar-refractivity contribution in [3.8, 4) is 22.9 Å². The van der Waals surface area contributed by atoms with Crippen molar-refractivity contribution in [1.82, 2.24) is 10.3 Å². The van der Waals surface area contributed by atoms with Gasteiger partial charge in [-0.05, 0) is 29.1 Å². The molecule has 2 aromatic carbocycles. The first kappa shape index (κ1) is 15.5. The number of nitriles is 1. The summed E-state index contributed by atoms with van der Waals surface area (Å²) in [7, 11) is 3.12. The van der Waals surface area contributed by atoms with Gasteiger partial charge in [0.1, 0.15) is 23.2 Å². The molecule has 0 bridgehead atoms. The molecule has 0 fully saturated rings. The monoisotopic (exact) mass is 317 g/mol. The molecule has 5 nitrogen and oxygen atoms in total. The van der Waals surface area contributed by atoms with Gasteiger partial charge in [-0.3, -0.25) is 4.79 Å². The number of methoxy groups -OCH3 is 1. The normalized spacial score (nSPS) is 10.2. The summed E-state index contributed by atoms with van der Waals surface area (Å²) in [6.45, 7) is 0. The zero-order valence-electron chi connectivity index (χ0n) is 13.3. The number of benzene rings is 2. The van der Waals surface area contributed by atoms with Crippen molar-refractivity contribution >= 4 is 16.7 Å². The Morgan fingerprint density at radius 3 is 2.54 bits per heavy atom. The quantitative estimate of drug-likeness (QED) is 0.805. The van der Waals surface area contributed by atoms with Crippen LogP contribution in [0.25, 0.3) is 21.9 Å². The van der Waals surface area contributed by atoms with E-state index in [9.17, 15) is 10.1 Å². The number of carbonyl (C=O) groups is 1. The minimum Gasteiger partial charge on any atom is -0.497 e. The topological polar surface area (TPSA) is 75.0 Å². The molecule has 0 aliphatic rings. The molecule has 0 spiro atoms. The van der Waals surface area contributed by atoms with E-state index in [1.807, 2.05) is 36.4 Å². The second-order valence-electron chi connectivity index (χ2n) is 5.15. The lowest BCUT2D eigenvalue weighted by Gasteiger charge is -2.13. The van der Waals surface area contributed by atoms with Crippen molar-refractivity contribution in [2.24, 2.45) is 0 Å². The highest BCUT2D eigenvalue weighted by Gasteiger charge is 2.19. The van der Waals surface area contributed by atoms with Gasteiger partial charge in [-0.1, -0.05) is 30.3 Å². The number of nitrogens with zero attached hydrogens (tertiary/aromatic N) is 2. The van der Waals surface area contributed by atoms with Crippen molar-refractivity contribution in [2.45, 2.75) is 0 Å². The molecule has 3 rings (SSSR count). The lowest BCUT2D eigenvalue weighted by molar-refractivity contribution is 0.0960. The lowest BCUT2D eigenvalue weighted by Crippen LogP contribution is -2.20. The molecule has 3 aromatic rings. The maximum atomic E-state index is 12.2. The Kier molecular flexibility index (Phi) is 4.13. The molecular weight excluding hydrogens is 302 g/mol. The highest BCUT2D eigenvalue weighted by atomic mass is 16.5. The van der Waals surface area contributed by atoms with Crippen LogP contribution in [-0.4, -0.2) is 25.0 Å². The molecule has 0 saturated carbocycles. The second kappa shape index (κ2) is 6.39. The predicted molar refractivity (Wildman–Crippen MR) is 91.8 cm³/mol. The van der Waals surface area contributed by atoms with E-state index in [0.29, 0.717) is 16.7 Å². The number of fused-ring (bicyclic) bond motifs is 1. The van der Waals surface area contributed by atoms with Gasteiger partial charge in [0.25, 0.3) is 5.91 Å². The average Bonchev–Trinajstić information content (AvgIpc) is 2.66. The first-order valence-electron chi connectivity index (χ1n) is 7.39. The van der Waals surface area contributed by atoms with Gasteiger partial charge in [-0.2, -0.15) is 5.26 Å². The Morgan fingerprint density at radius 1 is 1.17 bits per heavy atom. The first-order chi connectivity index (χ1) is 11.7. The number of hydrogen-bond donors (Lipinski definition) is 1. The molecule has 0 atom stereocenters. The summed E-state index contributed by atoms with van der Waals surface area (Å²) in [4.78, 5) is 16.5. The summed E-state index contributed by atoms with van der Waals surface area (Å²) in [6.07, 6.45) is 0. The Bertz CT molecular complexity index is 960. The fourth-order valence-corrected chi connectivity index (χ4v) is 2.69. The van der Waals surface area contributed by atoms with Gasteiger partial charge in [-0.25, -0.2) is 4.98 Å². The largest absolute Gasteiger partial charge is 0.497 e. The van der Waals surface area contributed by atoms with Gasteiger partial charge in [0, 0.05) is 18.0 Å². The zero-order chi connectivity index (χ0) is 17.1. The SMILES string of the molecule is CNC(=O)c1nc(C#N)c(-c2ccccc2)c2cc(OC)ccc12. The number of carbonyl (C=O) groups excluding carboxylic acids is 1. The standard InChI is InChI=1S/C19H15N3O2/c1-21-19(23)18-14-9-8-13(24-2)10-15(14)17(16(11-20)22-18)12-6-4-3-5-7-12/h3-10H,1-2H3,(H,21,23). The van der Waals surface area contributed by atoms with Crippen molar-refractivity contribution < 1.29 is 9.53 Å². The van der Waals surface area contributed by atoms with Gasteiger partial charge >= 0.3 is 0 Å². The lowest BCUT2D eigenvalue weighted by atomic mass is 9.95. The van der Waals surface area contributed by atoms with Gasteiger partial charge in [0.15, 0.2) is 0 Å². The third-order valence-corrected chi connectivity index (χ3v) is 3.82. The van der Waals surface area contributed by atoms with Crippen molar-refractivity contribution in [2.75, 3.05) is 14.2 Å². The fourth-order valence-electron chi connectivity index (χ4n) is 2.69. The van der Waals surface area contributed by atoms with Crippen LogP contribution in [0.2, 0.25) is 0 Å². The number of rotatable bonds is 3. The molecule has 1 heterocycles. The van der Waals surface area contributed by atoms with E-state index in [0.717, 1.165) is 10.9 Å². The van der Waals surface area contributed by atoms with E-state index in [1.165, 1.54) is 7.05 Å². The predicted octanol–water partition coefficient (Wildman–Crippen LogP) is 3.14. The summed E-state index contributed by atoms with van der Waals surface area (Å²) in [5, 5.41) is 13.6. The smallest absolute Gasteiger partial charge is 0.270 e. The first-order valence-corrected chi connectivity index (χ1v) is 7.39. The van der Waals surface area contributed by atoms with E-state index in [4.69, 9.17) is 4.74 Å². The third-order valence-electron chi connectivity index (χ3n) is 3.82. The summed E-state index contributed by atoms with van der Waals surface area (Å²) < 4.78 is 5.31. The van der Waals surface area contributed by atoms with Crippen LogP contribution < -0.4 is 10.1 Å². The molecule has 24 heavy (non-hydrogen) atoms. The Balaban J connectivity index is 2.46. The molecule has 0 unspecified atom stereocenters. The van der Waals surface area contributed by atoms with Crippen LogP contribution in [0.3, 0.4) is 0 Å². The summed E-state index contributed by atoms with van der Waals surface area (Å²) in [5.41, 5.74) is 2.00. The summed E-state index contributed by atoms with van der Waals surface area (Å²) >= 11 is 0. The molecule has 0 saturated heterocycles. The van der Waals surface area contributed by atoms with Crippen LogP contribution >= 0.6 is 0 Å². The number of aromatic nitrogens is 1. The Labute approximate surface area is 139 Å². The molecular formula is C19H15N3O2. The summed E-state index contributed by atoms with van der Waals surface area (Å²) in [6, 6.07) is 17.0. The molecule has 0 radical (unpaired) electrons. The number of amides is 1. The van der Waals surface area contributed by atoms with Gasteiger partial charge in [0.2, 0.25) is 0 Å². The minimum absolute atomic E-state index is 0.209. The van der Waals surface area contributed by atoms with Crippen molar-refractivity contribution in [3.05, 3.63) is 59.9 Å². The van der Waals surface area contributed by atoms with Gasteiger partial charge < -0.3 is 10.1 Å². The minimum atomic E-state index is -0.332. The van der Waals surface area contributed by atoms with Crippen LogP contribution in [0.5, 0.6) is 5.75 Å². The fraction of sp³-hybridized carbons (Fsp3) is 0.105. The average molecular weight is 317 g/mol. The highest BCUT2D eigenvalue weighted by molar-refractivity contribution is 6.10. The zero-order valence-corrected chi connectivity index (χ0v) is 13.3. The number of pyridine rings is 1. The molecule has 1 N–H and O–H groups in total. The van der Waals surface area contributed by atoms with Crippen LogP contribution in [0.15, 0.2) is 48.5 Å².